The van der Waals surface area contributed by atoms with Crippen LogP contribution in [0.1, 0.15) is 45.4 Å². The second-order valence-corrected chi connectivity index (χ2v) is 5.46. The van der Waals surface area contributed by atoms with Crippen molar-refractivity contribution >= 4 is 0 Å². The van der Waals surface area contributed by atoms with Gasteiger partial charge in [-0.2, -0.15) is 0 Å². The summed E-state index contributed by atoms with van der Waals surface area (Å²) in [6, 6.07) is 0.706. The normalized spacial score (nSPS) is 35.5. The number of ether oxygens (including phenoxy) is 2. The van der Waals surface area contributed by atoms with Crippen LogP contribution in [0, 0.1) is 5.92 Å². The summed E-state index contributed by atoms with van der Waals surface area (Å²) in [5.41, 5.74) is 0. The molecule has 3 atom stereocenters. The van der Waals surface area contributed by atoms with Crippen molar-refractivity contribution < 1.29 is 9.47 Å². The maximum atomic E-state index is 5.66. The second-order valence-electron chi connectivity index (χ2n) is 5.46. The molecule has 3 unspecified atom stereocenters. The van der Waals surface area contributed by atoms with E-state index in [1.165, 1.54) is 38.5 Å². The van der Waals surface area contributed by atoms with E-state index in [1.54, 1.807) is 0 Å². The molecule has 1 saturated heterocycles. The summed E-state index contributed by atoms with van der Waals surface area (Å²) in [4.78, 5) is 0. The minimum absolute atomic E-state index is 0.272. The Morgan fingerprint density at radius 1 is 1.12 bits per heavy atom. The summed E-state index contributed by atoms with van der Waals surface area (Å²) in [7, 11) is 0. The van der Waals surface area contributed by atoms with Gasteiger partial charge in [-0.1, -0.05) is 26.2 Å². The molecule has 0 bridgehead atoms. The van der Waals surface area contributed by atoms with E-state index in [0.717, 1.165) is 32.3 Å². The van der Waals surface area contributed by atoms with Crippen molar-refractivity contribution in [1.82, 2.24) is 5.32 Å². The van der Waals surface area contributed by atoms with Crippen LogP contribution in [0.15, 0.2) is 0 Å². The van der Waals surface area contributed by atoms with E-state index in [2.05, 4.69) is 12.2 Å². The first-order valence-corrected chi connectivity index (χ1v) is 7.31. The van der Waals surface area contributed by atoms with Crippen LogP contribution in [-0.4, -0.2) is 38.5 Å². The van der Waals surface area contributed by atoms with Gasteiger partial charge in [-0.05, 0) is 25.2 Å². The van der Waals surface area contributed by atoms with Gasteiger partial charge in [0.2, 0.25) is 0 Å². The number of hydrogen-bond acceptors (Lipinski definition) is 3. The third-order valence-corrected chi connectivity index (χ3v) is 4.18. The van der Waals surface area contributed by atoms with Crippen molar-refractivity contribution in [1.29, 1.82) is 0 Å². The monoisotopic (exact) mass is 241 g/mol. The summed E-state index contributed by atoms with van der Waals surface area (Å²) in [5.74, 6) is 0.969. The van der Waals surface area contributed by atoms with E-state index in [9.17, 15) is 0 Å². The van der Waals surface area contributed by atoms with Crippen molar-refractivity contribution in [2.24, 2.45) is 5.92 Å². The van der Waals surface area contributed by atoms with E-state index in [1.807, 2.05) is 0 Å². The molecule has 0 aromatic rings. The predicted molar refractivity (Wildman–Crippen MR) is 69.2 cm³/mol. The van der Waals surface area contributed by atoms with Crippen LogP contribution < -0.4 is 5.32 Å². The molecule has 0 spiro atoms. The van der Waals surface area contributed by atoms with Gasteiger partial charge in [0, 0.05) is 12.6 Å². The second kappa shape index (κ2) is 7.34. The van der Waals surface area contributed by atoms with Gasteiger partial charge in [0.1, 0.15) is 0 Å². The quantitative estimate of drug-likeness (QED) is 0.766. The minimum atomic E-state index is 0.272. The Morgan fingerprint density at radius 3 is 2.82 bits per heavy atom. The van der Waals surface area contributed by atoms with Crippen molar-refractivity contribution in [2.75, 3.05) is 26.4 Å². The predicted octanol–water partition coefficient (Wildman–Crippen LogP) is 2.35. The van der Waals surface area contributed by atoms with Gasteiger partial charge in [0.05, 0.1) is 25.9 Å². The van der Waals surface area contributed by atoms with Crippen LogP contribution >= 0.6 is 0 Å². The average Bonchev–Trinajstić information content (AvgIpc) is 2.62. The zero-order valence-electron chi connectivity index (χ0n) is 11.1. The highest BCUT2D eigenvalue weighted by Crippen LogP contribution is 2.25. The number of rotatable bonds is 4. The van der Waals surface area contributed by atoms with Crippen molar-refractivity contribution in [3.05, 3.63) is 0 Å². The molecule has 0 aromatic carbocycles. The Labute approximate surface area is 105 Å². The highest BCUT2D eigenvalue weighted by molar-refractivity contribution is 4.76. The molecule has 2 rings (SSSR count). The fourth-order valence-electron chi connectivity index (χ4n) is 2.94. The molecule has 0 amide bonds. The Bertz CT molecular complexity index is 204. The Hall–Kier alpha value is -0.120. The minimum Gasteiger partial charge on any atom is -0.376 e. The van der Waals surface area contributed by atoms with E-state index in [4.69, 9.17) is 9.47 Å². The Kier molecular flexibility index (Phi) is 5.75. The lowest BCUT2D eigenvalue weighted by atomic mass is 9.98. The molecule has 1 aliphatic heterocycles. The van der Waals surface area contributed by atoms with E-state index in [-0.39, 0.29) is 6.10 Å². The molecule has 3 nitrogen and oxygen atoms in total. The summed E-state index contributed by atoms with van der Waals surface area (Å²) in [6.45, 7) is 5.57. The van der Waals surface area contributed by atoms with E-state index >= 15 is 0 Å². The van der Waals surface area contributed by atoms with Gasteiger partial charge in [-0.25, -0.2) is 0 Å². The molecule has 1 N–H and O–H groups in total. The number of nitrogens with one attached hydrogen (secondary N) is 1. The van der Waals surface area contributed by atoms with Crippen LogP contribution in [0.2, 0.25) is 0 Å². The van der Waals surface area contributed by atoms with Crippen LogP contribution in [0.3, 0.4) is 0 Å². The maximum Gasteiger partial charge on any atom is 0.0933 e. The molecule has 1 aliphatic carbocycles. The maximum absolute atomic E-state index is 5.66. The lowest BCUT2D eigenvalue weighted by Gasteiger charge is -2.25. The molecule has 100 valence electrons. The van der Waals surface area contributed by atoms with Crippen molar-refractivity contribution in [2.45, 2.75) is 57.6 Å². The van der Waals surface area contributed by atoms with Crippen molar-refractivity contribution in [3.63, 3.8) is 0 Å². The fraction of sp³-hybridized carbons (Fsp3) is 1.00. The van der Waals surface area contributed by atoms with Gasteiger partial charge in [-0.15, -0.1) is 0 Å². The average molecular weight is 241 g/mol. The zero-order valence-corrected chi connectivity index (χ0v) is 11.1. The van der Waals surface area contributed by atoms with Crippen LogP contribution in [0.5, 0.6) is 0 Å². The topological polar surface area (TPSA) is 30.5 Å². The summed E-state index contributed by atoms with van der Waals surface area (Å²) in [5, 5.41) is 3.67. The van der Waals surface area contributed by atoms with Gasteiger partial charge >= 0.3 is 0 Å². The van der Waals surface area contributed by atoms with Crippen LogP contribution in [-0.2, 0) is 9.47 Å². The molecule has 0 radical (unpaired) electrons. The summed E-state index contributed by atoms with van der Waals surface area (Å²) >= 11 is 0. The van der Waals surface area contributed by atoms with Gasteiger partial charge in [0.15, 0.2) is 0 Å². The summed E-state index contributed by atoms with van der Waals surface area (Å²) < 4.78 is 11.1. The fourth-order valence-corrected chi connectivity index (χ4v) is 2.94. The molecule has 1 saturated carbocycles. The Morgan fingerprint density at radius 2 is 2.06 bits per heavy atom. The molecule has 3 heteroatoms. The largest absolute Gasteiger partial charge is 0.376 e. The molecule has 0 aromatic heterocycles. The summed E-state index contributed by atoms with van der Waals surface area (Å²) in [6.07, 6.45) is 8.52. The highest BCUT2D eigenvalue weighted by atomic mass is 16.6. The molecule has 2 fully saturated rings. The van der Waals surface area contributed by atoms with Gasteiger partial charge in [0.25, 0.3) is 0 Å². The SMILES string of the molecule is CCC1CCCC(NCC2COCCO2)CC1. The number of hydrogen-bond donors (Lipinski definition) is 1. The standard InChI is InChI=1S/C14H27NO2/c1-2-12-4-3-5-13(7-6-12)15-10-14-11-16-8-9-17-14/h12-15H,2-11H2,1H3. The molecular weight excluding hydrogens is 214 g/mol. The molecule has 1 heterocycles. The lowest BCUT2D eigenvalue weighted by Crippen LogP contribution is -2.41. The lowest BCUT2D eigenvalue weighted by molar-refractivity contribution is -0.0871. The van der Waals surface area contributed by atoms with E-state index < -0.39 is 0 Å². The van der Waals surface area contributed by atoms with Crippen molar-refractivity contribution in [3.8, 4) is 0 Å². The first-order chi connectivity index (χ1) is 8.38. The van der Waals surface area contributed by atoms with Gasteiger partial charge < -0.3 is 14.8 Å². The molecule has 17 heavy (non-hydrogen) atoms. The first kappa shape index (κ1) is 13.3. The molecular formula is C14H27NO2. The Balaban J connectivity index is 1.64. The highest BCUT2D eigenvalue weighted by Gasteiger charge is 2.20. The van der Waals surface area contributed by atoms with E-state index in [0.29, 0.717) is 6.04 Å². The van der Waals surface area contributed by atoms with Crippen LogP contribution in [0.4, 0.5) is 0 Å². The third-order valence-electron chi connectivity index (χ3n) is 4.18. The first-order valence-electron chi connectivity index (χ1n) is 7.31. The van der Waals surface area contributed by atoms with Gasteiger partial charge in [-0.3, -0.25) is 0 Å². The zero-order chi connectivity index (χ0) is 11.9. The van der Waals surface area contributed by atoms with Crippen LogP contribution in [0.25, 0.3) is 0 Å². The third kappa shape index (κ3) is 4.57. The molecule has 2 aliphatic rings. The smallest absolute Gasteiger partial charge is 0.0933 e.